The fourth-order valence-corrected chi connectivity index (χ4v) is 2.23. The predicted octanol–water partition coefficient (Wildman–Crippen LogP) is 3.87. The second kappa shape index (κ2) is 7.35. The molecule has 0 saturated heterocycles. The molecule has 0 fully saturated rings. The van der Waals surface area contributed by atoms with E-state index in [4.69, 9.17) is 9.47 Å². The number of carbonyl (C=O) groups is 2. The molecule has 1 unspecified atom stereocenters. The van der Waals surface area contributed by atoms with Gasteiger partial charge in [0.05, 0.1) is 13.0 Å². The van der Waals surface area contributed by atoms with Gasteiger partial charge in [-0.1, -0.05) is 13.8 Å². The second-order valence-corrected chi connectivity index (χ2v) is 6.64. The molecule has 0 aliphatic carbocycles. The van der Waals surface area contributed by atoms with E-state index in [1.54, 1.807) is 39.0 Å². The van der Waals surface area contributed by atoms with Crippen molar-refractivity contribution in [3.05, 3.63) is 23.8 Å². The van der Waals surface area contributed by atoms with Crippen molar-refractivity contribution in [2.24, 2.45) is 5.92 Å². The molecular weight excluding hydrogens is 298 g/mol. The summed E-state index contributed by atoms with van der Waals surface area (Å²) in [6, 6.07) is 4.91. The number of aliphatic carboxylic acids is 1. The summed E-state index contributed by atoms with van der Waals surface area (Å²) >= 11 is 0. The zero-order valence-electron chi connectivity index (χ0n) is 14.5. The molecule has 0 aliphatic heterocycles. The van der Waals surface area contributed by atoms with Gasteiger partial charge >= 0.3 is 12.1 Å². The smallest absolute Gasteiger partial charge is 0.412 e. The number of amides is 1. The maximum Gasteiger partial charge on any atom is 0.412 e. The van der Waals surface area contributed by atoms with Gasteiger partial charge in [0.1, 0.15) is 11.4 Å². The van der Waals surface area contributed by atoms with Crippen LogP contribution >= 0.6 is 0 Å². The van der Waals surface area contributed by atoms with Crippen LogP contribution in [0.4, 0.5) is 10.5 Å². The van der Waals surface area contributed by atoms with Gasteiger partial charge in [0.25, 0.3) is 0 Å². The minimum Gasteiger partial charge on any atom is -0.497 e. The lowest BCUT2D eigenvalue weighted by atomic mass is 9.87. The van der Waals surface area contributed by atoms with E-state index < -0.39 is 23.6 Å². The van der Waals surface area contributed by atoms with Crippen LogP contribution in [-0.2, 0) is 9.53 Å². The molecule has 0 aliphatic rings. The number of benzene rings is 1. The van der Waals surface area contributed by atoms with Gasteiger partial charge in [0.15, 0.2) is 0 Å². The van der Waals surface area contributed by atoms with Crippen molar-refractivity contribution in [3.8, 4) is 5.75 Å². The quantitative estimate of drug-likeness (QED) is 0.859. The Bertz CT molecular complexity index is 575. The Morgan fingerprint density at radius 1 is 1.22 bits per heavy atom. The molecule has 23 heavy (non-hydrogen) atoms. The minimum absolute atomic E-state index is 0.154. The van der Waals surface area contributed by atoms with Crippen molar-refractivity contribution in [1.82, 2.24) is 0 Å². The highest BCUT2D eigenvalue weighted by Crippen LogP contribution is 2.34. The van der Waals surface area contributed by atoms with Gasteiger partial charge in [0, 0.05) is 5.69 Å². The topological polar surface area (TPSA) is 84.9 Å². The van der Waals surface area contributed by atoms with Crippen molar-refractivity contribution >= 4 is 17.7 Å². The number of hydrogen-bond acceptors (Lipinski definition) is 4. The normalized spacial score (nSPS) is 12.7. The molecule has 0 bridgehead atoms. The average Bonchev–Trinajstić information content (AvgIpc) is 2.37. The summed E-state index contributed by atoms with van der Waals surface area (Å²) in [6.45, 7) is 8.91. The Kier molecular flexibility index (Phi) is 6.01. The van der Waals surface area contributed by atoms with Gasteiger partial charge in [-0.25, -0.2) is 4.79 Å². The molecule has 1 amide bonds. The molecule has 128 valence electrons. The summed E-state index contributed by atoms with van der Waals surface area (Å²) in [7, 11) is 1.51. The first-order valence-corrected chi connectivity index (χ1v) is 7.46. The van der Waals surface area contributed by atoms with Gasteiger partial charge in [-0.3, -0.25) is 10.1 Å². The Hall–Kier alpha value is -2.24. The molecule has 0 saturated carbocycles. The van der Waals surface area contributed by atoms with Crippen LogP contribution in [0, 0.1) is 5.92 Å². The Morgan fingerprint density at radius 3 is 2.26 bits per heavy atom. The van der Waals surface area contributed by atoms with E-state index in [1.807, 2.05) is 13.8 Å². The highest BCUT2D eigenvalue weighted by molar-refractivity contribution is 5.88. The van der Waals surface area contributed by atoms with Gasteiger partial charge in [-0.15, -0.1) is 0 Å². The average molecular weight is 323 g/mol. The Labute approximate surface area is 136 Å². The minimum atomic E-state index is -0.958. The molecule has 0 spiro atoms. The fourth-order valence-electron chi connectivity index (χ4n) is 2.23. The summed E-state index contributed by atoms with van der Waals surface area (Å²) in [4.78, 5) is 23.6. The largest absolute Gasteiger partial charge is 0.497 e. The van der Waals surface area contributed by atoms with E-state index in [1.165, 1.54) is 7.11 Å². The summed E-state index contributed by atoms with van der Waals surface area (Å²) < 4.78 is 10.4. The molecule has 0 heterocycles. The van der Waals surface area contributed by atoms with Gasteiger partial charge in [-0.2, -0.15) is 0 Å². The third-order valence-corrected chi connectivity index (χ3v) is 3.16. The molecule has 6 heteroatoms. The number of carboxylic acid groups (broad SMARTS) is 1. The van der Waals surface area contributed by atoms with Crippen LogP contribution in [0.2, 0.25) is 0 Å². The van der Waals surface area contributed by atoms with E-state index >= 15 is 0 Å². The van der Waals surface area contributed by atoms with Crippen LogP contribution in [0.15, 0.2) is 18.2 Å². The van der Waals surface area contributed by atoms with Gasteiger partial charge in [-0.05, 0) is 50.5 Å². The number of nitrogens with one attached hydrogen (secondary N) is 1. The number of rotatable bonds is 5. The number of carbonyl (C=O) groups excluding carboxylic acids is 1. The second-order valence-electron chi connectivity index (χ2n) is 6.64. The predicted molar refractivity (Wildman–Crippen MR) is 88.1 cm³/mol. The van der Waals surface area contributed by atoms with Crippen molar-refractivity contribution < 1.29 is 24.2 Å². The molecule has 0 radical (unpaired) electrons. The highest BCUT2D eigenvalue weighted by Gasteiger charge is 2.28. The van der Waals surface area contributed by atoms with E-state index in [0.29, 0.717) is 17.0 Å². The zero-order valence-corrected chi connectivity index (χ0v) is 14.5. The Balaban J connectivity index is 3.21. The molecule has 1 aromatic rings. The van der Waals surface area contributed by atoms with E-state index in [2.05, 4.69) is 5.32 Å². The van der Waals surface area contributed by atoms with Crippen molar-refractivity contribution in [2.45, 2.75) is 46.1 Å². The van der Waals surface area contributed by atoms with Crippen molar-refractivity contribution in [1.29, 1.82) is 0 Å². The lowest BCUT2D eigenvalue weighted by molar-refractivity contribution is -0.139. The standard InChI is InChI=1S/C17H25NO5/c1-10(2)14(15(19)20)12-9-11(22-6)7-8-13(12)18-16(21)23-17(3,4)5/h7-10,14H,1-6H3,(H,18,21)(H,19,20). The molecule has 2 N–H and O–H groups in total. The number of ether oxygens (including phenoxy) is 2. The third-order valence-electron chi connectivity index (χ3n) is 3.16. The summed E-state index contributed by atoms with van der Waals surface area (Å²) in [5, 5.41) is 12.1. The highest BCUT2D eigenvalue weighted by atomic mass is 16.6. The monoisotopic (exact) mass is 323 g/mol. The van der Waals surface area contributed by atoms with E-state index in [-0.39, 0.29) is 5.92 Å². The van der Waals surface area contributed by atoms with Crippen molar-refractivity contribution in [2.75, 3.05) is 12.4 Å². The lowest BCUT2D eigenvalue weighted by Crippen LogP contribution is -2.28. The van der Waals surface area contributed by atoms with E-state index in [9.17, 15) is 14.7 Å². The third kappa shape index (κ3) is 5.47. The summed E-state index contributed by atoms with van der Waals surface area (Å²) in [5.74, 6) is -1.35. The van der Waals surface area contributed by atoms with Crippen LogP contribution in [0.25, 0.3) is 0 Å². The molecule has 1 atom stereocenters. The molecule has 1 aromatic carbocycles. The molecule has 6 nitrogen and oxygen atoms in total. The first-order chi connectivity index (χ1) is 10.5. The summed E-state index contributed by atoms with van der Waals surface area (Å²) in [6.07, 6.45) is -0.628. The fraction of sp³-hybridized carbons (Fsp3) is 0.529. The number of anilines is 1. The van der Waals surface area contributed by atoms with Gasteiger partial charge in [0.2, 0.25) is 0 Å². The van der Waals surface area contributed by atoms with Crippen LogP contribution < -0.4 is 10.1 Å². The SMILES string of the molecule is COc1ccc(NC(=O)OC(C)(C)C)c(C(C(=O)O)C(C)C)c1. The molecule has 0 aromatic heterocycles. The first kappa shape index (κ1) is 18.8. The number of carboxylic acids is 1. The summed E-state index contributed by atoms with van der Waals surface area (Å²) in [5.41, 5.74) is 0.250. The van der Waals surface area contributed by atoms with Crippen molar-refractivity contribution in [3.63, 3.8) is 0 Å². The van der Waals surface area contributed by atoms with Crippen LogP contribution in [-0.4, -0.2) is 29.9 Å². The number of methoxy groups -OCH3 is 1. The lowest BCUT2D eigenvalue weighted by Gasteiger charge is -2.23. The molecular formula is C17H25NO5. The van der Waals surface area contributed by atoms with E-state index in [0.717, 1.165) is 0 Å². The van der Waals surface area contributed by atoms with Crippen LogP contribution in [0.5, 0.6) is 5.75 Å². The zero-order chi connectivity index (χ0) is 17.8. The first-order valence-electron chi connectivity index (χ1n) is 7.46. The van der Waals surface area contributed by atoms with Crippen LogP contribution in [0.1, 0.15) is 46.1 Å². The molecule has 1 rings (SSSR count). The van der Waals surface area contributed by atoms with Crippen LogP contribution in [0.3, 0.4) is 0 Å². The maximum absolute atomic E-state index is 12.0. The maximum atomic E-state index is 12.0. The number of hydrogen-bond donors (Lipinski definition) is 2. The van der Waals surface area contributed by atoms with Gasteiger partial charge < -0.3 is 14.6 Å². The Morgan fingerprint density at radius 2 is 1.83 bits per heavy atom.